The highest BCUT2D eigenvalue weighted by atomic mass is 32.2. The van der Waals surface area contributed by atoms with E-state index in [1.54, 1.807) is 23.9 Å². The first kappa shape index (κ1) is 21.2. The topological polar surface area (TPSA) is 79.0 Å². The van der Waals surface area contributed by atoms with E-state index in [1.165, 1.54) is 21.3 Å². The van der Waals surface area contributed by atoms with Gasteiger partial charge < -0.3 is 15.0 Å². The number of thioether (sulfide) groups is 1. The Kier molecular flexibility index (Phi) is 6.33. The predicted molar refractivity (Wildman–Crippen MR) is 119 cm³/mol. The Bertz CT molecular complexity index is 1010. The van der Waals surface area contributed by atoms with Gasteiger partial charge in [0.15, 0.2) is 0 Å². The van der Waals surface area contributed by atoms with Gasteiger partial charge in [-0.25, -0.2) is 8.42 Å². The highest BCUT2D eigenvalue weighted by Gasteiger charge is 2.28. The molecule has 2 aliphatic heterocycles. The van der Waals surface area contributed by atoms with Gasteiger partial charge in [-0.05, 0) is 43.3 Å². The van der Waals surface area contributed by atoms with Crippen molar-refractivity contribution in [1.82, 2.24) is 4.31 Å². The second-order valence-corrected chi connectivity index (χ2v) is 10.3. The Labute approximate surface area is 181 Å². The number of rotatable bonds is 5. The molecule has 0 unspecified atom stereocenters. The fourth-order valence-electron chi connectivity index (χ4n) is 3.63. The van der Waals surface area contributed by atoms with Gasteiger partial charge in [-0.15, -0.1) is 11.8 Å². The number of carbonyl (C=O) groups excluding carboxylic acids is 1. The maximum absolute atomic E-state index is 12.9. The lowest BCUT2D eigenvalue weighted by Crippen LogP contribution is -2.44. The average Bonchev–Trinajstić information content (AvgIpc) is 2.79. The fourth-order valence-corrected chi connectivity index (χ4v) is 6.05. The Hall–Kier alpha value is -2.07. The number of para-hydroxylation sites is 1. The van der Waals surface area contributed by atoms with Crippen LogP contribution in [0.5, 0.6) is 0 Å². The van der Waals surface area contributed by atoms with Gasteiger partial charge in [0.1, 0.15) is 6.04 Å². The van der Waals surface area contributed by atoms with E-state index >= 15 is 0 Å². The quantitative estimate of drug-likeness (QED) is 0.759. The molecular weight excluding hydrogens is 422 g/mol. The summed E-state index contributed by atoms with van der Waals surface area (Å²) in [6.07, 6.45) is 0. The summed E-state index contributed by atoms with van der Waals surface area (Å²) in [7, 11) is -3.54. The number of fused-ring (bicyclic) bond motifs is 1. The van der Waals surface area contributed by atoms with Crippen LogP contribution in [0.25, 0.3) is 0 Å². The maximum atomic E-state index is 12.9. The Morgan fingerprint density at radius 3 is 2.50 bits per heavy atom. The lowest BCUT2D eigenvalue weighted by Gasteiger charge is -2.35. The zero-order valence-corrected chi connectivity index (χ0v) is 18.4. The molecule has 1 atom stereocenters. The molecule has 2 aromatic carbocycles. The lowest BCUT2D eigenvalue weighted by atomic mass is 10.2. The van der Waals surface area contributed by atoms with E-state index in [2.05, 4.69) is 16.3 Å². The smallest absolute Gasteiger partial charge is 0.246 e. The second kappa shape index (κ2) is 8.97. The van der Waals surface area contributed by atoms with Crippen molar-refractivity contribution in [3.63, 3.8) is 0 Å². The number of anilines is 2. The zero-order chi connectivity index (χ0) is 21.1. The van der Waals surface area contributed by atoms with E-state index in [0.29, 0.717) is 32.0 Å². The summed E-state index contributed by atoms with van der Waals surface area (Å²) >= 11 is 1.80. The van der Waals surface area contributed by atoms with E-state index in [4.69, 9.17) is 4.74 Å². The van der Waals surface area contributed by atoms with Crippen LogP contribution in [0.15, 0.2) is 58.3 Å². The summed E-state index contributed by atoms with van der Waals surface area (Å²) in [6.45, 7) is 4.21. The first-order valence-corrected chi connectivity index (χ1v) is 12.4. The minimum atomic E-state index is -3.54. The molecule has 7 nitrogen and oxygen atoms in total. The van der Waals surface area contributed by atoms with Crippen LogP contribution in [-0.2, 0) is 19.6 Å². The van der Waals surface area contributed by atoms with Crippen LogP contribution in [0.3, 0.4) is 0 Å². The molecule has 0 spiro atoms. The van der Waals surface area contributed by atoms with Crippen molar-refractivity contribution >= 4 is 39.1 Å². The molecule has 0 saturated carbocycles. The highest BCUT2D eigenvalue weighted by Crippen LogP contribution is 2.35. The SMILES string of the molecule is C[C@H](C(=O)Nc1ccc(S(=O)(=O)N2CCOCC2)cc1)N1CCSc2ccccc21. The second-order valence-electron chi connectivity index (χ2n) is 7.22. The zero-order valence-electron chi connectivity index (χ0n) is 16.8. The number of hydrogen-bond acceptors (Lipinski definition) is 6. The van der Waals surface area contributed by atoms with Crippen LogP contribution in [-0.4, -0.2) is 63.3 Å². The number of nitrogens with zero attached hydrogens (tertiary/aromatic N) is 2. The summed E-state index contributed by atoms with van der Waals surface area (Å²) in [4.78, 5) is 16.4. The van der Waals surface area contributed by atoms with E-state index in [9.17, 15) is 13.2 Å². The summed E-state index contributed by atoms with van der Waals surface area (Å²) in [6, 6.07) is 14.1. The Balaban J connectivity index is 1.44. The molecule has 4 rings (SSSR count). The number of carbonyl (C=O) groups is 1. The standard InChI is InChI=1S/C21H25N3O4S2/c1-16(24-12-15-29-20-5-3-2-4-19(20)24)21(25)22-17-6-8-18(9-7-17)30(26,27)23-10-13-28-14-11-23/h2-9,16H,10-15H2,1H3,(H,22,25)/t16-/m1/s1. The van der Waals surface area contributed by atoms with Gasteiger partial charge in [-0.3, -0.25) is 4.79 Å². The van der Waals surface area contributed by atoms with Gasteiger partial charge in [-0.1, -0.05) is 12.1 Å². The van der Waals surface area contributed by atoms with Gasteiger partial charge in [0.2, 0.25) is 15.9 Å². The van der Waals surface area contributed by atoms with Crippen molar-refractivity contribution in [3.8, 4) is 0 Å². The van der Waals surface area contributed by atoms with Crippen LogP contribution in [0.4, 0.5) is 11.4 Å². The number of amides is 1. The summed E-state index contributed by atoms with van der Waals surface area (Å²) < 4.78 is 32.1. The maximum Gasteiger partial charge on any atom is 0.246 e. The number of benzene rings is 2. The van der Waals surface area contributed by atoms with Crippen molar-refractivity contribution in [3.05, 3.63) is 48.5 Å². The normalized spacial score (nSPS) is 18.5. The van der Waals surface area contributed by atoms with Crippen molar-refractivity contribution in [1.29, 1.82) is 0 Å². The van der Waals surface area contributed by atoms with Crippen LogP contribution < -0.4 is 10.2 Å². The first-order chi connectivity index (χ1) is 14.5. The molecule has 160 valence electrons. The van der Waals surface area contributed by atoms with Crippen molar-refractivity contribution in [2.75, 3.05) is 48.8 Å². The lowest BCUT2D eigenvalue weighted by molar-refractivity contribution is -0.117. The van der Waals surface area contributed by atoms with E-state index in [0.717, 1.165) is 18.0 Å². The molecule has 30 heavy (non-hydrogen) atoms. The molecule has 2 aliphatic rings. The van der Waals surface area contributed by atoms with Crippen LogP contribution in [0, 0.1) is 0 Å². The minimum Gasteiger partial charge on any atom is -0.379 e. The van der Waals surface area contributed by atoms with Gasteiger partial charge in [-0.2, -0.15) is 4.31 Å². The predicted octanol–water partition coefficient (Wildman–Crippen LogP) is 2.65. The van der Waals surface area contributed by atoms with Gasteiger partial charge >= 0.3 is 0 Å². The van der Waals surface area contributed by atoms with E-state index in [-0.39, 0.29) is 16.8 Å². The molecule has 9 heteroatoms. The van der Waals surface area contributed by atoms with Crippen LogP contribution >= 0.6 is 11.8 Å². The molecule has 2 aromatic rings. The number of morpholine rings is 1. The highest BCUT2D eigenvalue weighted by molar-refractivity contribution is 7.99. The molecule has 0 bridgehead atoms. The number of hydrogen-bond donors (Lipinski definition) is 1. The number of sulfonamides is 1. The Morgan fingerprint density at radius 2 is 1.77 bits per heavy atom. The van der Waals surface area contributed by atoms with Crippen LogP contribution in [0.2, 0.25) is 0 Å². The number of nitrogens with one attached hydrogen (secondary N) is 1. The third kappa shape index (κ3) is 4.34. The molecule has 0 radical (unpaired) electrons. The molecular formula is C21H25N3O4S2. The van der Waals surface area contributed by atoms with E-state index < -0.39 is 10.0 Å². The average molecular weight is 448 g/mol. The van der Waals surface area contributed by atoms with Crippen molar-refractivity contribution in [2.45, 2.75) is 22.8 Å². The van der Waals surface area contributed by atoms with Crippen molar-refractivity contribution < 1.29 is 17.9 Å². The molecule has 1 amide bonds. The summed E-state index contributed by atoms with van der Waals surface area (Å²) in [5.41, 5.74) is 1.65. The molecule has 2 heterocycles. The molecule has 1 N–H and O–H groups in total. The molecule has 1 saturated heterocycles. The van der Waals surface area contributed by atoms with E-state index in [1.807, 2.05) is 25.1 Å². The van der Waals surface area contributed by atoms with Gasteiger partial charge in [0.25, 0.3) is 0 Å². The molecule has 1 fully saturated rings. The first-order valence-electron chi connectivity index (χ1n) is 9.94. The minimum absolute atomic E-state index is 0.125. The molecule has 0 aliphatic carbocycles. The van der Waals surface area contributed by atoms with Gasteiger partial charge in [0.05, 0.1) is 23.8 Å². The third-order valence-corrected chi connectivity index (χ3v) is 8.30. The fraction of sp³-hybridized carbons (Fsp3) is 0.381. The molecule has 0 aromatic heterocycles. The summed E-state index contributed by atoms with van der Waals surface area (Å²) in [5, 5.41) is 2.91. The van der Waals surface area contributed by atoms with Gasteiger partial charge in [0, 0.05) is 36.0 Å². The summed E-state index contributed by atoms with van der Waals surface area (Å²) in [5.74, 6) is 0.809. The van der Waals surface area contributed by atoms with Crippen molar-refractivity contribution in [2.24, 2.45) is 0 Å². The van der Waals surface area contributed by atoms with Crippen LogP contribution in [0.1, 0.15) is 6.92 Å². The third-order valence-electron chi connectivity index (χ3n) is 5.34. The number of ether oxygens (including phenoxy) is 1. The monoisotopic (exact) mass is 447 g/mol. The Morgan fingerprint density at radius 1 is 1.07 bits per heavy atom. The largest absolute Gasteiger partial charge is 0.379 e.